The molecule has 0 saturated heterocycles. The predicted molar refractivity (Wildman–Crippen MR) is 48.4 cm³/mol. The molecule has 0 aliphatic heterocycles. The predicted octanol–water partition coefficient (Wildman–Crippen LogP) is 2.46. The highest BCUT2D eigenvalue weighted by Crippen LogP contribution is 2.11. The van der Waals surface area contributed by atoms with Gasteiger partial charge in [0.1, 0.15) is 11.6 Å². The van der Waals surface area contributed by atoms with Crippen molar-refractivity contribution in [3.63, 3.8) is 0 Å². The Balaban J connectivity index is 2.64. The molecule has 1 aromatic carbocycles. The first-order valence-electron chi connectivity index (χ1n) is 4.39. The third-order valence-electron chi connectivity index (χ3n) is 1.79. The van der Waals surface area contributed by atoms with Gasteiger partial charge in [0, 0.05) is 12.1 Å². The monoisotopic (exact) mass is 185 g/mol. The van der Waals surface area contributed by atoms with E-state index in [1.54, 1.807) is 0 Å². The minimum absolute atomic E-state index is 0.121. The molecule has 1 N–H and O–H groups in total. The second kappa shape index (κ2) is 4.92. The molecule has 0 radical (unpaired) electrons. The minimum Gasteiger partial charge on any atom is -0.312 e. The molecule has 0 bridgehead atoms. The van der Waals surface area contributed by atoms with Crippen molar-refractivity contribution in [2.24, 2.45) is 0 Å². The Morgan fingerprint density at radius 1 is 1.23 bits per heavy atom. The molecule has 0 unspecified atom stereocenters. The Morgan fingerprint density at radius 3 is 2.38 bits per heavy atom. The zero-order valence-corrected chi connectivity index (χ0v) is 7.61. The van der Waals surface area contributed by atoms with E-state index in [9.17, 15) is 8.78 Å². The van der Waals surface area contributed by atoms with Gasteiger partial charge in [0.05, 0.1) is 0 Å². The molecule has 0 amide bonds. The molecule has 0 fully saturated rings. The highest BCUT2D eigenvalue weighted by Gasteiger charge is 2.06. The molecule has 0 atom stereocenters. The third-order valence-corrected chi connectivity index (χ3v) is 1.79. The van der Waals surface area contributed by atoms with Gasteiger partial charge >= 0.3 is 0 Å². The van der Waals surface area contributed by atoms with Gasteiger partial charge in [-0.1, -0.05) is 13.0 Å². The van der Waals surface area contributed by atoms with E-state index >= 15 is 0 Å². The highest BCUT2D eigenvalue weighted by atomic mass is 19.1. The van der Waals surface area contributed by atoms with Crippen LogP contribution in [0.3, 0.4) is 0 Å². The van der Waals surface area contributed by atoms with E-state index in [0.717, 1.165) is 13.0 Å². The first-order chi connectivity index (χ1) is 6.25. The zero-order chi connectivity index (χ0) is 9.68. The summed E-state index contributed by atoms with van der Waals surface area (Å²) in [5.41, 5.74) is 0.121. The summed E-state index contributed by atoms with van der Waals surface area (Å²) in [6.07, 6.45) is 0.954. The van der Waals surface area contributed by atoms with Crippen molar-refractivity contribution in [1.29, 1.82) is 0 Å². The van der Waals surface area contributed by atoms with Crippen molar-refractivity contribution in [3.05, 3.63) is 35.4 Å². The summed E-state index contributed by atoms with van der Waals surface area (Å²) in [5, 5.41) is 2.95. The van der Waals surface area contributed by atoms with Crippen molar-refractivity contribution in [2.45, 2.75) is 19.9 Å². The highest BCUT2D eigenvalue weighted by molar-refractivity contribution is 5.19. The summed E-state index contributed by atoms with van der Waals surface area (Å²) in [7, 11) is 0. The number of hydrogen-bond acceptors (Lipinski definition) is 1. The molecule has 1 rings (SSSR count). The van der Waals surface area contributed by atoms with Gasteiger partial charge in [-0.3, -0.25) is 0 Å². The van der Waals surface area contributed by atoms with Crippen LogP contribution in [0.4, 0.5) is 8.78 Å². The van der Waals surface area contributed by atoms with Crippen LogP contribution in [-0.2, 0) is 6.54 Å². The second-order valence-electron chi connectivity index (χ2n) is 2.88. The second-order valence-corrected chi connectivity index (χ2v) is 2.88. The Bertz CT molecular complexity index is 253. The fraction of sp³-hybridized carbons (Fsp3) is 0.400. The molecule has 0 saturated carbocycles. The smallest absolute Gasteiger partial charge is 0.130 e. The van der Waals surface area contributed by atoms with Gasteiger partial charge in [-0.2, -0.15) is 0 Å². The lowest BCUT2D eigenvalue weighted by atomic mass is 10.2. The summed E-state index contributed by atoms with van der Waals surface area (Å²) in [6, 6.07) is 3.91. The van der Waals surface area contributed by atoms with Crippen molar-refractivity contribution in [3.8, 4) is 0 Å². The quantitative estimate of drug-likeness (QED) is 0.710. The molecule has 1 aromatic rings. The maximum absolute atomic E-state index is 13.0. The molecule has 0 heterocycles. The van der Waals surface area contributed by atoms with Gasteiger partial charge in [0.25, 0.3) is 0 Å². The van der Waals surface area contributed by atoms with Gasteiger partial charge in [0.15, 0.2) is 0 Å². The van der Waals surface area contributed by atoms with Crippen LogP contribution in [0.25, 0.3) is 0 Å². The van der Waals surface area contributed by atoms with Crippen molar-refractivity contribution < 1.29 is 8.78 Å². The van der Waals surface area contributed by atoms with Crippen LogP contribution in [0.5, 0.6) is 0 Å². The molecular weight excluding hydrogens is 172 g/mol. The molecule has 3 heteroatoms. The first-order valence-corrected chi connectivity index (χ1v) is 4.39. The zero-order valence-electron chi connectivity index (χ0n) is 7.61. The summed E-state index contributed by atoms with van der Waals surface area (Å²) in [5.74, 6) is -0.966. The summed E-state index contributed by atoms with van der Waals surface area (Å²) >= 11 is 0. The average molecular weight is 185 g/mol. The lowest BCUT2D eigenvalue weighted by molar-refractivity contribution is 0.535. The standard InChI is InChI=1S/C10H13F2N/c1-2-6-13-7-8-9(11)4-3-5-10(8)12/h3-5,13H,2,6-7H2,1H3. The molecule has 0 aliphatic carbocycles. The van der Waals surface area contributed by atoms with E-state index in [1.165, 1.54) is 18.2 Å². The lowest BCUT2D eigenvalue weighted by Crippen LogP contribution is -2.15. The molecule has 0 aliphatic rings. The molecule has 0 spiro atoms. The van der Waals surface area contributed by atoms with Gasteiger partial charge in [0.2, 0.25) is 0 Å². The maximum Gasteiger partial charge on any atom is 0.130 e. The number of nitrogens with one attached hydrogen (secondary N) is 1. The van der Waals surface area contributed by atoms with Gasteiger partial charge in [-0.25, -0.2) is 8.78 Å². The average Bonchev–Trinajstić information content (AvgIpc) is 2.10. The van der Waals surface area contributed by atoms with Crippen LogP contribution in [-0.4, -0.2) is 6.54 Å². The number of hydrogen-bond donors (Lipinski definition) is 1. The Labute approximate surface area is 76.8 Å². The Hall–Kier alpha value is -0.960. The number of benzene rings is 1. The van der Waals surface area contributed by atoms with E-state index in [-0.39, 0.29) is 12.1 Å². The molecule has 72 valence electrons. The van der Waals surface area contributed by atoms with Gasteiger partial charge in [-0.05, 0) is 25.1 Å². The molecular formula is C10H13F2N. The summed E-state index contributed by atoms with van der Waals surface area (Å²) in [4.78, 5) is 0. The van der Waals surface area contributed by atoms with Crippen LogP contribution in [0.15, 0.2) is 18.2 Å². The minimum atomic E-state index is -0.483. The number of rotatable bonds is 4. The molecule has 0 aromatic heterocycles. The maximum atomic E-state index is 13.0. The molecule has 1 nitrogen and oxygen atoms in total. The fourth-order valence-electron chi connectivity index (χ4n) is 1.09. The Morgan fingerprint density at radius 2 is 1.85 bits per heavy atom. The van der Waals surface area contributed by atoms with E-state index in [0.29, 0.717) is 0 Å². The van der Waals surface area contributed by atoms with Crippen molar-refractivity contribution in [1.82, 2.24) is 5.32 Å². The Kier molecular flexibility index (Phi) is 3.83. The van der Waals surface area contributed by atoms with Gasteiger partial charge < -0.3 is 5.32 Å². The SMILES string of the molecule is CCCNCc1c(F)cccc1F. The normalized spacial score (nSPS) is 10.4. The first kappa shape index (κ1) is 10.1. The van der Waals surface area contributed by atoms with Gasteiger partial charge in [-0.15, -0.1) is 0 Å². The van der Waals surface area contributed by atoms with E-state index in [1.807, 2.05) is 6.92 Å². The van der Waals surface area contributed by atoms with Crippen LogP contribution in [0.2, 0.25) is 0 Å². The van der Waals surface area contributed by atoms with Crippen molar-refractivity contribution >= 4 is 0 Å². The van der Waals surface area contributed by atoms with E-state index < -0.39 is 11.6 Å². The third kappa shape index (κ3) is 2.77. The fourth-order valence-corrected chi connectivity index (χ4v) is 1.09. The largest absolute Gasteiger partial charge is 0.312 e. The van der Waals surface area contributed by atoms with Crippen LogP contribution in [0, 0.1) is 11.6 Å². The number of halogens is 2. The summed E-state index contributed by atoms with van der Waals surface area (Å²) < 4.78 is 26.0. The van der Waals surface area contributed by atoms with Crippen LogP contribution in [0.1, 0.15) is 18.9 Å². The lowest BCUT2D eigenvalue weighted by Gasteiger charge is -2.05. The van der Waals surface area contributed by atoms with E-state index in [4.69, 9.17) is 0 Å². The van der Waals surface area contributed by atoms with E-state index in [2.05, 4.69) is 5.32 Å². The van der Waals surface area contributed by atoms with Crippen LogP contribution >= 0.6 is 0 Å². The summed E-state index contributed by atoms with van der Waals surface area (Å²) in [6.45, 7) is 3.03. The topological polar surface area (TPSA) is 12.0 Å². The van der Waals surface area contributed by atoms with Crippen LogP contribution < -0.4 is 5.32 Å². The van der Waals surface area contributed by atoms with Crippen molar-refractivity contribution in [2.75, 3.05) is 6.54 Å². The molecule has 13 heavy (non-hydrogen) atoms.